The van der Waals surface area contributed by atoms with Gasteiger partial charge in [-0.1, -0.05) is 30.4 Å². The average molecular weight is 383 g/mol. The Kier molecular flexibility index (Phi) is 5.52. The summed E-state index contributed by atoms with van der Waals surface area (Å²) < 4.78 is 15.8. The standard InChI is InChI=1S/C20H18FN3O2S/c1-13(2)10-22-20-24(23-11-14-6-5-9-18(25)19(14)26)17(12-27-20)15-7-3-4-8-16(15)21/h3-9,11-12,25-26H,1,10H2,2H3. The first kappa shape index (κ1) is 18.6. The first-order chi connectivity index (χ1) is 13.0. The lowest BCUT2D eigenvalue weighted by molar-refractivity contribution is 0.403. The van der Waals surface area contributed by atoms with E-state index in [1.165, 1.54) is 34.4 Å². The number of rotatable bonds is 5. The third kappa shape index (κ3) is 4.15. The lowest BCUT2D eigenvalue weighted by Gasteiger charge is -2.05. The Hall–Kier alpha value is -3.19. The fourth-order valence-electron chi connectivity index (χ4n) is 2.35. The van der Waals surface area contributed by atoms with Crippen LogP contribution in [0.4, 0.5) is 4.39 Å². The van der Waals surface area contributed by atoms with Crippen LogP contribution in [0.3, 0.4) is 0 Å². The summed E-state index contributed by atoms with van der Waals surface area (Å²) in [5.41, 5.74) is 2.15. The van der Waals surface area contributed by atoms with Gasteiger partial charge in [0.25, 0.3) is 0 Å². The molecule has 0 radical (unpaired) electrons. The molecule has 0 fully saturated rings. The minimum atomic E-state index is -0.370. The van der Waals surface area contributed by atoms with Gasteiger partial charge in [-0.15, -0.1) is 11.3 Å². The van der Waals surface area contributed by atoms with Gasteiger partial charge in [0.05, 0.1) is 18.5 Å². The Morgan fingerprint density at radius 2 is 2.00 bits per heavy atom. The van der Waals surface area contributed by atoms with Crippen molar-refractivity contribution in [3.63, 3.8) is 0 Å². The summed E-state index contributed by atoms with van der Waals surface area (Å²) in [4.78, 5) is 5.03. The molecular weight excluding hydrogens is 365 g/mol. The molecule has 5 nitrogen and oxygen atoms in total. The van der Waals surface area contributed by atoms with Crippen molar-refractivity contribution in [1.29, 1.82) is 0 Å². The van der Waals surface area contributed by atoms with Gasteiger partial charge in [0.15, 0.2) is 11.5 Å². The van der Waals surface area contributed by atoms with E-state index in [4.69, 9.17) is 0 Å². The smallest absolute Gasteiger partial charge is 0.206 e. The number of aromatic nitrogens is 1. The lowest BCUT2D eigenvalue weighted by Crippen LogP contribution is -2.13. The van der Waals surface area contributed by atoms with Crippen LogP contribution < -0.4 is 4.80 Å². The van der Waals surface area contributed by atoms with Crippen LogP contribution in [0.1, 0.15) is 12.5 Å². The van der Waals surface area contributed by atoms with E-state index in [1.807, 2.05) is 6.92 Å². The Labute approximate surface area is 159 Å². The number of phenolic OH excluding ortho intramolecular Hbond substituents is 2. The molecule has 2 N–H and O–H groups in total. The highest BCUT2D eigenvalue weighted by molar-refractivity contribution is 7.07. The Morgan fingerprint density at radius 1 is 1.22 bits per heavy atom. The van der Waals surface area contributed by atoms with Crippen LogP contribution in [0.5, 0.6) is 11.5 Å². The molecule has 1 aromatic heterocycles. The number of halogens is 1. The monoisotopic (exact) mass is 383 g/mol. The SMILES string of the molecule is C=C(C)CN=c1scc(-c2ccccc2F)n1N=Cc1cccc(O)c1O. The first-order valence-corrected chi connectivity index (χ1v) is 9.01. The zero-order valence-corrected chi connectivity index (χ0v) is 15.4. The van der Waals surface area contributed by atoms with Crippen molar-refractivity contribution in [2.75, 3.05) is 6.54 Å². The van der Waals surface area contributed by atoms with Gasteiger partial charge in [-0.3, -0.25) is 4.99 Å². The van der Waals surface area contributed by atoms with Crippen molar-refractivity contribution in [2.45, 2.75) is 6.92 Å². The zero-order valence-electron chi connectivity index (χ0n) is 14.6. The fourth-order valence-corrected chi connectivity index (χ4v) is 3.18. The van der Waals surface area contributed by atoms with Gasteiger partial charge in [-0.2, -0.15) is 5.10 Å². The van der Waals surface area contributed by atoms with Gasteiger partial charge in [-0.25, -0.2) is 9.07 Å². The number of para-hydroxylation sites is 1. The maximum Gasteiger partial charge on any atom is 0.206 e. The van der Waals surface area contributed by atoms with Crippen molar-refractivity contribution in [1.82, 2.24) is 4.68 Å². The number of phenols is 2. The van der Waals surface area contributed by atoms with Gasteiger partial charge >= 0.3 is 0 Å². The van der Waals surface area contributed by atoms with E-state index < -0.39 is 0 Å². The van der Waals surface area contributed by atoms with Crippen LogP contribution in [0.25, 0.3) is 11.3 Å². The average Bonchev–Trinajstić information content (AvgIpc) is 3.04. The lowest BCUT2D eigenvalue weighted by atomic mass is 10.1. The molecule has 3 aromatic rings. The molecule has 27 heavy (non-hydrogen) atoms. The van der Waals surface area contributed by atoms with E-state index in [0.717, 1.165) is 5.57 Å². The molecule has 0 spiro atoms. The van der Waals surface area contributed by atoms with Crippen molar-refractivity contribution < 1.29 is 14.6 Å². The van der Waals surface area contributed by atoms with Crippen LogP contribution in [0.15, 0.2) is 70.1 Å². The van der Waals surface area contributed by atoms with E-state index in [9.17, 15) is 14.6 Å². The number of benzene rings is 2. The highest BCUT2D eigenvalue weighted by Gasteiger charge is 2.12. The summed E-state index contributed by atoms with van der Waals surface area (Å²) in [6.07, 6.45) is 1.39. The van der Waals surface area contributed by atoms with E-state index >= 15 is 0 Å². The summed E-state index contributed by atoms with van der Waals surface area (Å²) in [5, 5.41) is 25.7. The van der Waals surface area contributed by atoms with Crippen molar-refractivity contribution in [3.05, 3.63) is 76.2 Å². The number of hydrogen-bond donors (Lipinski definition) is 2. The molecule has 0 atom stereocenters. The molecule has 0 unspecified atom stereocenters. The topological polar surface area (TPSA) is 70.1 Å². The molecule has 0 aliphatic heterocycles. The van der Waals surface area contributed by atoms with E-state index in [1.54, 1.807) is 35.7 Å². The molecule has 0 aliphatic carbocycles. The highest BCUT2D eigenvalue weighted by atomic mass is 32.1. The second kappa shape index (κ2) is 8.01. The van der Waals surface area contributed by atoms with Gasteiger partial charge < -0.3 is 10.2 Å². The normalized spacial score (nSPS) is 12.0. The molecule has 7 heteroatoms. The molecule has 1 heterocycles. The second-order valence-corrected chi connectivity index (χ2v) is 6.76. The predicted octanol–water partition coefficient (Wildman–Crippen LogP) is 4.13. The number of nitrogens with zero attached hydrogens (tertiary/aromatic N) is 3. The van der Waals surface area contributed by atoms with Gasteiger partial charge in [0.2, 0.25) is 4.80 Å². The summed E-state index contributed by atoms with van der Waals surface area (Å²) in [7, 11) is 0. The first-order valence-electron chi connectivity index (χ1n) is 8.13. The van der Waals surface area contributed by atoms with Crippen LogP contribution >= 0.6 is 11.3 Å². The summed E-state index contributed by atoms with van der Waals surface area (Å²) in [5.74, 6) is -0.883. The Morgan fingerprint density at radius 3 is 2.74 bits per heavy atom. The highest BCUT2D eigenvalue weighted by Crippen LogP contribution is 2.27. The summed E-state index contributed by atoms with van der Waals surface area (Å²) >= 11 is 1.33. The largest absolute Gasteiger partial charge is 0.504 e. The number of thiazole rings is 1. The van der Waals surface area contributed by atoms with Crippen molar-refractivity contribution >= 4 is 17.6 Å². The molecule has 0 saturated carbocycles. The minimum absolute atomic E-state index is 0.240. The summed E-state index contributed by atoms with van der Waals surface area (Å²) in [6, 6.07) is 11.0. The quantitative estimate of drug-likeness (QED) is 0.395. The third-order valence-electron chi connectivity index (χ3n) is 3.68. The Bertz CT molecular complexity index is 1080. The fraction of sp³-hybridized carbons (Fsp3) is 0.100. The number of hydrogen-bond acceptors (Lipinski definition) is 5. The minimum Gasteiger partial charge on any atom is -0.504 e. The zero-order chi connectivity index (χ0) is 19.4. The molecular formula is C20H18FN3O2S. The van der Waals surface area contributed by atoms with Gasteiger partial charge in [-0.05, 0) is 31.2 Å². The van der Waals surface area contributed by atoms with E-state index in [2.05, 4.69) is 16.7 Å². The van der Waals surface area contributed by atoms with Crippen molar-refractivity contribution in [3.8, 4) is 22.8 Å². The molecule has 0 bridgehead atoms. The third-order valence-corrected chi connectivity index (χ3v) is 4.53. The van der Waals surface area contributed by atoms with Gasteiger partial charge in [0, 0.05) is 16.5 Å². The number of aromatic hydroxyl groups is 2. The second-order valence-electron chi connectivity index (χ2n) is 5.93. The molecule has 3 rings (SSSR count). The van der Waals surface area contributed by atoms with E-state index in [-0.39, 0.29) is 17.3 Å². The van der Waals surface area contributed by atoms with Crippen LogP contribution in [-0.4, -0.2) is 27.6 Å². The molecule has 138 valence electrons. The predicted molar refractivity (Wildman–Crippen MR) is 106 cm³/mol. The maximum absolute atomic E-state index is 14.3. The maximum atomic E-state index is 14.3. The summed E-state index contributed by atoms with van der Waals surface area (Å²) in [6.45, 7) is 6.13. The van der Waals surface area contributed by atoms with Gasteiger partial charge in [0.1, 0.15) is 5.82 Å². The molecule has 0 amide bonds. The Balaban J connectivity index is 2.13. The molecule has 2 aromatic carbocycles. The molecule has 0 aliphatic rings. The van der Waals surface area contributed by atoms with E-state index in [0.29, 0.717) is 28.2 Å². The molecule has 0 saturated heterocycles. The van der Waals surface area contributed by atoms with Crippen LogP contribution in [-0.2, 0) is 0 Å². The van der Waals surface area contributed by atoms with Crippen LogP contribution in [0, 0.1) is 5.82 Å². The van der Waals surface area contributed by atoms with Crippen LogP contribution in [0.2, 0.25) is 0 Å². The van der Waals surface area contributed by atoms with Crippen molar-refractivity contribution in [2.24, 2.45) is 10.1 Å².